The van der Waals surface area contributed by atoms with E-state index >= 15 is 0 Å². The maximum absolute atomic E-state index is 12.3. The molecule has 0 aliphatic rings. The molecule has 0 aliphatic carbocycles. The summed E-state index contributed by atoms with van der Waals surface area (Å²) in [5.41, 5.74) is 1.52. The third-order valence-corrected chi connectivity index (χ3v) is 4.33. The fourth-order valence-corrected chi connectivity index (χ4v) is 2.59. The van der Waals surface area contributed by atoms with Crippen molar-refractivity contribution in [2.75, 3.05) is 6.54 Å². The molecule has 6 nitrogen and oxygen atoms in total. The van der Waals surface area contributed by atoms with E-state index in [-0.39, 0.29) is 19.6 Å². The van der Waals surface area contributed by atoms with Crippen molar-refractivity contribution in [3.05, 3.63) is 69.7 Å². The van der Waals surface area contributed by atoms with Crippen LogP contribution in [-0.4, -0.2) is 24.6 Å². The van der Waals surface area contributed by atoms with Crippen molar-refractivity contribution in [1.29, 1.82) is 5.26 Å². The van der Waals surface area contributed by atoms with Crippen molar-refractivity contribution in [1.82, 2.24) is 10.6 Å². The number of carbonyl (C=O) groups excluding carboxylic acids is 2. The van der Waals surface area contributed by atoms with Crippen LogP contribution in [0, 0.1) is 11.3 Å². The molecule has 0 unspecified atom stereocenters. The van der Waals surface area contributed by atoms with Gasteiger partial charge in [0, 0.05) is 6.42 Å². The Morgan fingerprint density at radius 2 is 1.81 bits per heavy atom. The smallest absolute Gasteiger partial charge is 0.408 e. The number of halogens is 2. The van der Waals surface area contributed by atoms with Crippen molar-refractivity contribution in [2.24, 2.45) is 0 Å². The van der Waals surface area contributed by atoms with E-state index < -0.39 is 18.0 Å². The lowest BCUT2D eigenvalue weighted by atomic mass is 10.1. The van der Waals surface area contributed by atoms with Gasteiger partial charge in [-0.3, -0.25) is 4.79 Å². The van der Waals surface area contributed by atoms with E-state index in [0.717, 1.165) is 5.56 Å². The van der Waals surface area contributed by atoms with Gasteiger partial charge < -0.3 is 15.4 Å². The van der Waals surface area contributed by atoms with E-state index in [0.29, 0.717) is 15.6 Å². The number of hydrogen-bond donors (Lipinski definition) is 2. The molecular formula is C19H17Cl2N3O3. The Morgan fingerprint density at radius 3 is 2.48 bits per heavy atom. The number of amides is 2. The molecular weight excluding hydrogens is 389 g/mol. The largest absolute Gasteiger partial charge is 0.445 e. The third-order valence-electron chi connectivity index (χ3n) is 3.59. The Bertz CT molecular complexity index is 838. The number of rotatable bonds is 7. The summed E-state index contributed by atoms with van der Waals surface area (Å²) in [5.74, 6) is -0.501. The number of benzene rings is 2. The third kappa shape index (κ3) is 6.81. The predicted octanol–water partition coefficient (Wildman–Crippen LogP) is 3.47. The Balaban J connectivity index is 2.02. The SMILES string of the molecule is N#CCNC(=O)[C@H](Cc1ccc(Cl)c(Cl)c1)NC(=O)OCc1ccccc1. The molecule has 0 radical (unpaired) electrons. The van der Waals surface area contributed by atoms with E-state index in [2.05, 4.69) is 10.6 Å². The van der Waals surface area contributed by atoms with Crippen LogP contribution >= 0.6 is 23.2 Å². The number of hydrogen-bond acceptors (Lipinski definition) is 4. The molecule has 0 spiro atoms. The van der Waals surface area contributed by atoms with Crippen LogP contribution < -0.4 is 10.6 Å². The fourth-order valence-electron chi connectivity index (χ4n) is 2.27. The van der Waals surface area contributed by atoms with Crippen LogP contribution in [0.1, 0.15) is 11.1 Å². The average Bonchev–Trinajstić information content (AvgIpc) is 2.67. The average molecular weight is 406 g/mol. The maximum Gasteiger partial charge on any atom is 0.408 e. The van der Waals surface area contributed by atoms with Gasteiger partial charge in [0.2, 0.25) is 5.91 Å². The second-order valence-electron chi connectivity index (χ2n) is 5.59. The summed E-state index contributed by atoms with van der Waals surface area (Å²) in [6.07, 6.45) is -0.578. The highest BCUT2D eigenvalue weighted by Gasteiger charge is 2.22. The number of nitrogens with zero attached hydrogens (tertiary/aromatic N) is 1. The number of alkyl carbamates (subject to hydrolysis) is 1. The van der Waals surface area contributed by atoms with Crippen LogP contribution in [0.3, 0.4) is 0 Å². The van der Waals surface area contributed by atoms with Gasteiger partial charge in [-0.1, -0.05) is 59.6 Å². The van der Waals surface area contributed by atoms with Gasteiger partial charge in [0.25, 0.3) is 0 Å². The van der Waals surface area contributed by atoms with Gasteiger partial charge in [-0.25, -0.2) is 4.79 Å². The second-order valence-corrected chi connectivity index (χ2v) is 6.40. The van der Waals surface area contributed by atoms with Gasteiger partial charge in [-0.05, 0) is 23.3 Å². The standard InChI is InChI=1S/C19H17Cl2N3O3/c20-15-7-6-14(10-16(15)21)11-17(18(25)23-9-8-22)24-19(26)27-12-13-4-2-1-3-5-13/h1-7,10,17H,9,11-12H2,(H,23,25)(H,24,26)/t17-/m0/s1. The van der Waals surface area contributed by atoms with E-state index in [4.69, 9.17) is 33.2 Å². The van der Waals surface area contributed by atoms with Crippen LogP contribution in [0.4, 0.5) is 4.79 Å². The number of nitriles is 1. The highest BCUT2D eigenvalue weighted by molar-refractivity contribution is 6.42. The van der Waals surface area contributed by atoms with Crippen LogP contribution in [0.2, 0.25) is 10.0 Å². The number of nitrogens with one attached hydrogen (secondary N) is 2. The molecule has 140 valence electrons. The summed E-state index contributed by atoms with van der Waals surface area (Å²) >= 11 is 11.9. The molecule has 0 saturated carbocycles. The van der Waals surface area contributed by atoms with Gasteiger partial charge in [-0.15, -0.1) is 0 Å². The lowest BCUT2D eigenvalue weighted by Crippen LogP contribution is -2.48. The first-order valence-corrected chi connectivity index (χ1v) is 8.81. The highest BCUT2D eigenvalue weighted by Crippen LogP contribution is 2.23. The molecule has 0 heterocycles. The Morgan fingerprint density at radius 1 is 1.07 bits per heavy atom. The molecule has 0 saturated heterocycles. The minimum Gasteiger partial charge on any atom is -0.445 e. The lowest BCUT2D eigenvalue weighted by molar-refractivity contribution is -0.122. The highest BCUT2D eigenvalue weighted by atomic mass is 35.5. The first-order chi connectivity index (χ1) is 13.0. The number of ether oxygens (including phenoxy) is 1. The second kappa shape index (κ2) is 10.4. The molecule has 2 N–H and O–H groups in total. The van der Waals surface area contributed by atoms with E-state index in [1.165, 1.54) is 0 Å². The molecule has 27 heavy (non-hydrogen) atoms. The first-order valence-electron chi connectivity index (χ1n) is 8.05. The Hall–Kier alpha value is -2.75. The topological polar surface area (TPSA) is 91.2 Å². The minimum absolute atomic E-state index is 0.0754. The summed E-state index contributed by atoms with van der Waals surface area (Å²) in [4.78, 5) is 24.4. The normalized spacial score (nSPS) is 11.1. The molecule has 2 aromatic carbocycles. The molecule has 2 rings (SSSR count). The molecule has 2 aromatic rings. The summed E-state index contributed by atoms with van der Waals surface area (Å²) in [6, 6.07) is 15.0. The molecule has 8 heteroatoms. The van der Waals surface area contributed by atoms with Gasteiger partial charge in [-0.2, -0.15) is 5.26 Å². The van der Waals surface area contributed by atoms with Gasteiger partial charge in [0.15, 0.2) is 0 Å². The zero-order valence-electron chi connectivity index (χ0n) is 14.2. The monoisotopic (exact) mass is 405 g/mol. The summed E-state index contributed by atoms with van der Waals surface area (Å²) in [7, 11) is 0. The van der Waals surface area contributed by atoms with Crippen LogP contribution in [0.5, 0.6) is 0 Å². The van der Waals surface area contributed by atoms with Crippen molar-refractivity contribution in [3.8, 4) is 6.07 Å². The fraction of sp³-hybridized carbons (Fsp3) is 0.211. The lowest BCUT2D eigenvalue weighted by Gasteiger charge is -2.18. The molecule has 1 atom stereocenters. The maximum atomic E-state index is 12.3. The summed E-state index contributed by atoms with van der Waals surface area (Å²) in [5, 5.41) is 14.3. The zero-order valence-corrected chi connectivity index (χ0v) is 15.8. The molecule has 2 amide bonds. The van der Waals surface area contributed by atoms with Crippen molar-refractivity contribution < 1.29 is 14.3 Å². The van der Waals surface area contributed by atoms with E-state index in [1.54, 1.807) is 18.2 Å². The first kappa shape index (κ1) is 20.6. The summed E-state index contributed by atoms with van der Waals surface area (Å²) in [6.45, 7) is -0.0938. The van der Waals surface area contributed by atoms with Crippen molar-refractivity contribution in [2.45, 2.75) is 19.1 Å². The summed E-state index contributed by atoms with van der Waals surface area (Å²) < 4.78 is 5.15. The number of carbonyl (C=O) groups is 2. The zero-order chi connectivity index (χ0) is 19.6. The van der Waals surface area contributed by atoms with Gasteiger partial charge in [0.05, 0.1) is 16.1 Å². The molecule has 0 aliphatic heterocycles. The van der Waals surface area contributed by atoms with Crippen molar-refractivity contribution >= 4 is 35.2 Å². The Labute approximate surface area is 167 Å². The minimum atomic E-state index is -0.932. The van der Waals surface area contributed by atoms with Gasteiger partial charge in [0.1, 0.15) is 19.2 Å². The van der Waals surface area contributed by atoms with Crippen molar-refractivity contribution in [3.63, 3.8) is 0 Å². The molecule has 0 aromatic heterocycles. The van der Waals surface area contributed by atoms with E-state index in [1.807, 2.05) is 36.4 Å². The van der Waals surface area contributed by atoms with Crippen LogP contribution in [0.25, 0.3) is 0 Å². The molecule has 0 fully saturated rings. The van der Waals surface area contributed by atoms with Crippen LogP contribution in [-0.2, 0) is 22.6 Å². The molecule has 0 bridgehead atoms. The van der Waals surface area contributed by atoms with Gasteiger partial charge >= 0.3 is 6.09 Å². The van der Waals surface area contributed by atoms with Crippen LogP contribution in [0.15, 0.2) is 48.5 Å². The van der Waals surface area contributed by atoms with E-state index in [9.17, 15) is 9.59 Å². The quantitative estimate of drug-likeness (QED) is 0.689. The Kier molecular flexibility index (Phi) is 7.93. The predicted molar refractivity (Wildman–Crippen MR) is 102 cm³/mol.